The summed E-state index contributed by atoms with van der Waals surface area (Å²) < 4.78 is 2.20. The molecule has 1 atom stereocenters. The van der Waals surface area contributed by atoms with Crippen molar-refractivity contribution in [3.05, 3.63) is 118 Å². The van der Waals surface area contributed by atoms with Crippen LogP contribution in [0.2, 0.25) is 5.02 Å². The summed E-state index contributed by atoms with van der Waals surface area (Å²) in [5, 5.41) is 3.72. The summed E-state index contributed by atoms with van der Waals surface area (Å²) in [6, 6.07) is 26.2. The predicted octanol–water partition coefficient (Wildman–Crippen LogP) is 7.70. The van der Waals surface area contributed by atoms with E-state index >= 15 is 0 Å². The molecule has 0 radical (unpaired) electrons. The number of rotatable bonds is 3. The molecule has 0 aliphatic carbocycles. The number of hydrogen-bond acceptors (Lipinski definition) is 1. The number of nitrogens with one attached hydrogen (secondary N) is 1. The number of nitrogens with zero attached hydrogens (tertiary/aromatic N) is 2. The zero-order chi connectivity index (χ0) is 23.8. The number of para-hydroxylation sites is 1. The number of aryl methyl sites for hydroxylation is 1. The van der Waals surface area contributed by atoms with E-state index in [1.807, 2.05) is 42.2 Å². The van der Waals surface area contributed by atoms with E-state index in [9.17, 15) is 4.79 Å². The minimum absolute atomic E-state index is 0.159. The SMILES string of the molecule is Cc1ccc(Cl)cc1NC(=O)N1Cc2ccccc2-n2cccc2C1c1ccc(C(C)C)cc1. The molecule has 34 heavy (non-hydrogen) atoms. The summed E-state index contributed by atoms with van der Waals surface area (Å²) >= 11 is 6.23. The Hall–Kier alpha value is -3.50. The number of carbonyl (C=O) groups is 1. The fraction of sp³-hybridized carbons (Fsp3) is 0.207. The summed E-state index contributed by atoms with van der Waals surface area (Å²) in [5.41, 5.74) is 7.30. The molecule has 1 aliphatic heterocycles. The number of anilines is 1. The molecule has 1 aliphatic rings. The van der Waals surface area contributed by atoms with Crippen molar-refractivity contribution in [2.75, 3.05) is 5.32 Å². The number of hydrogen-bond donors (Lipinski definition) is 1. The van der Waals surface area contributed by atoms with Gasteiger partial charge >= 0.3 is 6.03 Å². The largest absolute Gasteiger partial charge is 0.322 e. The number of amides is 2. The lowest BCUT2D eigenvalue weighted by molar-refractivity contribution is 0.194. The highest BCUT2D eigenvalue weighted by molar-refractivity contribution is 6.31. The Morgan fingerprint density at radius 3 is 2.53 bits per heavy atom. The van der Waals surface area contributed by atoms with E-state index in [4.69, 9.17) is 11.6 Å². The van der Waals surface area contributed by atoms with Crippen LogP contribution in [0.25, 0.3) is 5.69 Å². The molecular formula is C29H28ClN3O. The maximum atomic E-state index is 13.8. The van der Waals surface area contributed by atoms with Gasteiger partial charge in [-0.2, -0.15) is 0 Å². The lowest BCUT2D eigenvalue weighted by Crippen LogP contribution is -2.38. The van der Waals surface area contributed by atoms with Crippen molar-refractivity contribution in [3.8, 4) is 5.69 Å². The molecule has 0 spiro atoms. The van der Waals surface area contributed by atoms with E-state index in [0.29, 0.717) is 17.5 Å². The summed E-state index contributed by atoms with van der Waals surface area (Å²) in [5.74, 6) is 0.446. The highest BCUT2D eigenvalue weighted by atomic mass is 35.5. The van der Waals surface area contributed by atoms with Crippen molar-refractivity contribution in [3.63, 3.8) is 0 Å². The molecule has 1 aromatic heterocycles. The number of aromatic nitrogens is 1. The van der Waals surface area contributed by atoms with Crippen LogP contribution >= 0.6 is 11.6 Å². The predicted molar refractivity (Wildman–Crippen MR) is 139 cm³/mol. The third-order valence-electron chi connectivity index (χ3n) is 6.58. The maximum Gasteiger partial charge on any atom is 0.322 e. The van der Waals surface area contributed by atoms with E-state index in [1.54, 1.807) is 6.07 Å². The zero-order valence-electron chi connectivity index (χ0n) is 19.6. The number of urea groups is 1. The molecule has 3 aromatic carbocycles. The second-order valence-corrected chi connectivity index (χ2v) is 9.61. The van der Waals surface area contributed by atoms with Crippen LogP contribution in [-0.2, 0) is 6.54 Å². The van der Waals surface area contributed by atoms with Gasteiger partial charge in [0.15, 0.2) is 0 Å². The summed E-state index contributed by atoms with van der Waals surface area (Å²) in [6.07, 6.45) is 2.08. The molecule has 0 saturated heterocycles. The molecule has 0 bridgehead atoms. The van der Waals surface area contributed by atoms with E-state index in [0.717, 1.165) is 33.8 Å². The lowest BCUT2D eigenvalue weighted by atomic mass is 9.97. The summed E-state index contributed by atoms with van der Waals surface area (Å²) in [4.78, 5) is 15.8. The van der Waals surface area contributed by atoms with Crippen LogP contribution in [0.15, 0.2) is 85.1 Å². The first-order valence-corrected chi connectivity index (χ1v) is 12.0. The van der Waals surface area contributed by atoms with Crippen molar-refractivity contribution >= 4 is 23.3 Å². The number of carbonyl (C=O) groups excluding carboxylic acids is 1. The lowest BCUT2D eigenvalue weighted by Gasteiger charge is -2.31. The Morgan fingerprint density at radius 1 is 1.00 bits per heavy atom. The molecule has 5 rings (SSSR count). The van der Waals surface area contributed by atoms with E-state index < -0.39 is 0 Å². The van der Waals surface area contributed by atoms with Gasteiger partial charge in [0.25, 0.3) is 0 Å². The third-order valence-corrected chi connectivity index (χ3v) is 6.82. The molecule has 0 fully saturated rings. The average molecular weight is 470 g/mol. The molecule has 172 valence electrons. The minimum Gasteiger partial charge on any atom is -0.318 e. The highest BCUT2D eigenvalue weighted by Crippen LogP contribution is 2.37. The van der Waals surface area contributed by atoms with Gasteiger partial charge in [-0.3, -0.25) is 0 Å². The van der Waals surface area contributed by atoms with Crippen molar-refractivity contribution in [1.29, 1.82) is 0 Å². The van der Waals surface area contributed by atoms with Crippen LogP contribution in [-0.4, -0.2) is 15.5 Å². The average Bonchev–Trinajstić information content (AvgIpc) is 3.25. The molecule has 0 saturated carbocycles. The van der Waals surface area contributed by atoms with Crippen LogP contribution < -0.4 is 5.32 Å². The van der Waals surface area contributed by atoms with Gasteiger partial charge in [-0.25, -0.2) is 4.79 Å². The number of benzene rings is 3. The number of fused-ring (bicyclic) bond motifs is 3. The monoisotopic (exact) mass is 469 g/mol. The summed E-state index contributed by atoms with van der Waals surface area (Å²) in [6.45, 7) is 6.84. The first kappa shape index (κ1) is 22.3. The second kappa shape index (κ2) is 9.03. The normalized spacial score (nSPS) is 15.0. The fourth-order valence-electron chi connectivity index (χ4n) is 4.67. The Labute approximate surface area is 205 Å². The van der Waals surface area contributed by atoms with Gasteiger partial charge in [0, 0.05) is 22.6 Å². The quantitative estimate of drug-likeness (QED) is 0.328. The molecule has 2 amide bonds. The summed E-state index contributed by atoms with van der Waals surface area (Å²) in [7, 11) is 0. The van der Waals surface area contributed by atoms with Gasteiger partial charge in [-0.1, -0.05) is 74.0 Å². The van der Waals surface area contributed by atoms with Gasteiger partial charge in [0.05, 0.1) is 18.3 Å². The second-order valence-electron chi connectivity index (χ2n) is 9.17. The smallest absolute Gasteiger partial charge is 0.318 e. The molecule has 4 nitrogen and oxygen atoms in total. The Kier molecular flexibility index (Phi) is 5.93. The van der Waals surface area contributed by atoms with Crippen molar-refractivity contribution in [2.24, 2.45) is 0 Å². The molecule has 2 heterocycles. The van der Waals surface area contributed by atoms with Crippen LogP contribution in [0, 0.1) is 6.92 Å². The molecular weight excluding hydrogens is 442 g/mol. The van der Waals surface area contributed by atoms with Crippen LogP contribution in [0.5, 0.6) is 0 Å². The highest BCUT2D eigenvalue weighted by Gasteiger charge is 2.33. The fourth-order valence-corrected chi connectivity index (χ4v) is 4.84. The van der Waals surface area contributed by atoms with Crippen LogP contribution in [0.3, 0.4) is 0 Å². The molecule has 5 heteroatoms. The molecule has 1 N–H and O–H groups in total. The Bertz CT molecular complexity index is 1340. The number of halogens is 1. The van der Waals surface area contributed by atoms with Crippen molar-refractivity contribution in [1.82, 2.24) is 9.47 Å². The van der Waals surface area contributed by atoms with Gasteiger partial charge in [-0.05, 0) is 65.4 Å². The van der Waals surface area contributed by atoms with E-state index in [1.165, 1.54) is 5.56 Å². The van der Waals surface area contributed by atoms with Gasteiger partial charge in [0.1, 0.15) is 0 Å². The van der Waals surface area contributed by atoms with Gasteiger partial charge < -0.3 is 14.8 Å². The topological polar surface area (TPSA) is 37.3 Å². The van der Waals surface area contributed by atoms with Crippen molar-refractivity contribution in [2.45, 2.75) is 39.3 Å². The van der Waals surface area contributed by atoms with Crippen LogP contribution in [0.4, 0.5) is 10.5 Å². The molecule has 4 aromatic rings. The van der Waals surface area contributed by atoms with E-state index in [2.05, 4.69) is 72.4 Å². The first-order chi connectivity index (χ1) is 16.4. The van der Waals surface area contributed by atoms with E-state index in [-0.39, 0.29) is 12.1 Å². The standard InChI is InChI=1S/C29H28ClN3O/c1-19(2)21-11-13-22(14-12-21)28-27-9-6-16-32(27)26-8-5-4-7-23(26)18-33(28)29(34)31-25-17-24(30)15-10-20(25)3/h4-17,19,28H,18H2,1-3H3,(H,31,34). The Morgan fingerprint density at radius 2 is 1.76 bits per heavy atom. The molecule has 1 unspecified atom stereocenters. The van der Waals surface area contributed by atoms with Crippen LogP contribution in [0.1, 0.15) is 53.8 Å². The van der Waals surface area contributed by atoms with Gasteiger partial charge in [0.2, 0.25) is 0 Å². The minimum atomic E-state index is -0.247. The first-order valence-electron chi connectivity index (χ1n) is 11.6. The zero-order valence-corrected chi connectivity index (χ0v) is 20.4. The maximum absolute atomic E-state index is 13.8. The van der Waals surface area contributed by atoms with Gasteiger partial charge in [-0.15, -0.1) is 0 Å². The Balaban J connectivity index is 1.62. The van der Waals surface area contributed by atoms with Crippen molar-refractivity contribution < 1.29 is 4.79 Å². The third kappa shape index (κ3) is 4.10.